The van der Waals surface area contributed by atoms with Crippen molar-refractivity contribution in [3.8, 4) is 0 Å². The van der Waals surface area contributed by atoms with Crippen molar-refractivity contribution in [1.82, 2.24) is 0 Å². The van der Waals surface area contributed by atoms with Gasteiger partial charge in [-0.1, -0.05) is 6.08 Å². The Balaban J connectivity index is 3.80. The van der Waals surface area contributed by atoms with Crippen LogP contribution < -0.4 is 0 Å². The molecule has 3 heteroatoms. The van der Waals surface area contributed by atoms with E-state index in [9.17, 15) is 0 Å². The SMILES string of the molecule is C/C=C\OC(C)(OC)OC. The zero-order valence-electron chi connectivity index (χ0n) is 6.88. The third-order valence-corrected chi connectivity index (χ3v) is 1.16. The molecule has 60 valence electrons. The van der Waals surface area contributed by atoms with Gasteiger partial charge in [0, 0.05) is 21.1 Å². The highest BCUT2D eigenvalue weighted by atomic mass is 16.9. The maximum atomic E-state index is 5.05. The summed E-state index contributed by atoms with van der Waals surface area (Å²) in [5, 5.41) is 0. The molecule has 0 atom stereocenters. The molecule has 0 aliphatic rings. The van der Waals surface area contributed by atoms with Crippen molar-refractivity contribution >= 4 is 0 Å². The second-order valence-electron chi connectivity index (χ2n) is 1.86. The minimum Gasteiger partial charge on any atom is -0.448 e. The number of ether oxygens (including phenoxy) is 3. The van der Waals surface area contributed by atoms with Gasteiger partial charge in [0.25, 0.3) is 0 Å². The van der Waals surface area contributed by atoms with Crippen molar-refractivity contribution in [2.45, 2.75) is 19.8 Å². The van der Waals surface area contributed by atoms with Crippen LogP contribution >= 0.6 is 0 Å². The summed E-state index contributed by atoms with van der Waals surface area (Å²) in [6.07, 6.45) is 3.28. The van der Waals surface area contributed by atoms with Crippen molar-refractivity contribution in [2.75, 3.05) is 14.2 Å². The Morgan fingerprint density at radius 3 is 2.00 bits per heavy atom. The zero-order chi connectivity index (χ0) is 8.04. The van der Waals surface area contributed by atoms with E-state index < -0.39 is 5.97 Å². The summed E-state index contributed by atoms with van der Waals surface area (Å²) in [4.78, 5) is 0. The van der Waals surface area contributed by atoms with Crippen LogP contribution in [-0.4, -0.2) is 20.2 Å². The van der Waals surface area contributed by atoms with Gasteiger partial charge in [0.15, 0.2) is 0 Å². The van der Waals surface area contributed by atoms with E-state index in [0.717, 1.165) is 0 Å². The summed E-state index contributed by atoms with van der Waals surface area (Å²) in [5.74, 6) is -0.952. The first kappa shape index (κ1) is 9.46. The Morgan fingerprint density at radius 1 is 1.20 bits per heavy atom. The van der Waals surface area contributed by atoms with Gasteiger partial charge in [-0.15, -0.1) is 0 Å². The lowest BCUT2D eigenvalue weighted by molar-refractivity contribution is -0.328. The fourth-order valence-corrected chi connectivity index (χ4v) is 0.371. The highest BCUT2D eigenvalue weighted by Crippen LogP contribution is 2.11. The lowest BCUT2D eigenvalue weighted by Gasteiger charge is -2.24. The van der Waals surface area contributed by atoms with Gasteiger partial charge in [-0.2, -0.15) is 0 Å². The van der Waals surface area contributed by atoms with Crippen LogP contribution in [0.2, 0.25) is 0 Å². The standard InChI is InChI=1S/C7H14O3/c1-5-6-10-7(2,8-3)9-4/h5-6H,1-4H3/b6-5-. The maximum absolute atomic E-state index is 5.05. The van der Waals surface area contributed by atoms with Gasteiger partial charge in [0.1, 0.15) is 0 Å². The molecule has 0 bridgehead atoms. The van der Waals surface area contributed by atoms with E-state index in [-0.39, 0.29) is 0 Å². The van der Waals surface area contributed by atoms with Crippen LogP contribution in [0.1, 0.15) is 13.8 Å². The smallest absolute Gasteiger partial charge is 0.322 e. The Labute approximate surface area is 61.6 Å². The van der Waals surface area contributed by atoms with Gasteiger partial charge in [-0.25, -0.2) is 0 Å². The number of hydrogen-bond acceptors (Lipinski definition) is 3. The molecule has 0 N–H and O–H groups in total. The third kappa shape index (κ3) is 2.85. The van der Waals surface area contributed by atoms with Crippen LogP contribution in [0.4, 0.5) is 0 Å². The van der Waals surface area contributed by atoms with Gasteiger partial charge < -0.3 is 14.2 Å². The summed E-state index contributed by atoms with van der Waals surface area (Å²) in [5.41, 5.74) is 0. The lowest BCUT2D eigenvalue weighted by Crippen LogP contribution is -2.31. The molecule has 0 radical (unpaired) electrons. The van der Waals surface area contributed by atoms with Crippen molar-refractivity contribution in [2.24, 2.45) is 0 Å². The van der Waals surface area contributed by atoms with E-state index in [1.165, 1.54) is 20.5 Å². The summed E-state index contributed by atoms with van der Waals surface area (Å²) in [6, 6.07) is 0. The average molecular weight is 146 g/mol. The Kier molecular flexibility index (Phi) is 4.07. The molecule has 0 saturated heterocycles. The maximum Gasteiger partial charge on any atom is 0.322 e. The van der Waals surface area contributed by atoms with E-state index in [2.05, 4.69) is 0 Å². The van der Waals surface area contributed by atoms with E-state index in [1.807, 2.05) is 6.92 Å². The van der Waals surface area contributed by atoms with Crippen LogP contribution in [0, 0.1) is 0 Å². The van der Waals surface area contributed by atoms with Crippen molar-refractivity contribution < 1.29 is 14.2 Å². The molecule has 0 aromatic carbocycles. The summed E-state index contributed by atoms with van der Waals surface area (Å²) >= 11 is 0. The molecule has 0 amide bonds. The molecule has 0 aliphatic heterocycles. The molecule has 0 aromatic heterocycles. The second kappa shape index (κ2) is 4.30. The normalized spacial score (nSPS) is 12.4. The van der Waals surface area contributed by atoms with Crippen LogP contribution in [0.3, 0.4) is 0 Å². The molecule has 0 heterocycles. The Bertz CT molecular complexity index is 105. The predicted octanol–water partition coefficient (Wildman–Crippen LogP) is 1.50. The average Bonchev–Trinajstić information content (AvgIpc) is 2.00. The zero-order valence-corrected chi connectivity index (χ0v) is 6.88. The quantitative estimate of drug-likeness (QED) is 0.444. The molecule has 3 nitrogen and oxygen atoms in total. The molecular formula is C7H14O3. The molecular weight excluding hydrogens is 132 g/mol. The molecule has 0 aromatic rings. The van der Waals surface area contributed by atoms with Gasteiger partial charge in [-0.05, 0) is 6.92 Å². The first-order valence-corrected chi connectivity index (χ1v) is 3.08. The molecule has 0 rings (SSSR count). The van der Waals surface area contributed by atoms with Crippen molar-refractivity contribution in [1.29, 1.82) is 0 Å². The third-order valence-electron chi connectivity index (χ3n) is 1.16. The number of allylic oxidation sites excluding steroid dienone is 1. The van der Waals surface area contributed by atoms with Crippen molar-refractivity contribution in [3.63, 3.8) is 0 Å². The van der Waals surface area contributed by atoms with Gasteiger partial charge in [0.2, 0.25) is 0 Å². The monoisotopic (exact) mass is 146 g/mol. The topological polar surface area (TPSA) is 27.7 Å². The van der Waals surface area contributed by atoms with E-state index in [1.54, 1.807) is 13.0 Å². The number of methoxy groups -OCH3 is 2. The van der Waals surface area contributed by atoms with Crippen LogP contribution in [-0.2, 0) is 14.2 Å². The molecule has 0 saturated carbocycles. The highest BCUT2D eigenvalue weighted by Gasteiger charge is 2.22. The van der Waals surface area contributed by atoms with Crippen LogP contribution in [0.15, 0.2) is 12.3 Å². The van der Waals surface area contributed by atoms with Gasteiger partial charge >= 0.3 is 5.97 Å². The number of rotatable bonds is 4. The van der Waals surface area contributed by atoms with E-state index >= 15 is 0 Å². The first-order chi connectivity index (χ1) is 4.68. The summed E-state index contributed by atoms with van der Waals surface area (Å²) in [6.45, 7) is 3.54. The van der Waals surface area contributed by atoms with Crippen LogP contribution in [0.5, 0.6) is 0 Å². The Morgan fingerprint density at radius 2 is 1.70 bits per heavy atom. The molecule has 0 fully saturated rings. The van der Waals surface area contributed by atoms with Gasteiger partial charge in [0.05, 0.1) is 6.26 Å². The minimum absolute atomic E-state index is 0.952. The lowest BCUT2D eigenvalue weighted by atomic mass is 10.6. The summed E-state index contributed by atoms with van der Waals surface area (Å²) in [7, 11) is 3.04. The molecule has 0 unspecified atom stereocenters. The fourth-order valence-electron chi connectivity index (χ4n) is 0.371. The predicted molar refractivity (Wildman–Crippen MR) is 38.3 cm³/mol. The highest BCUT2D eigenvalue weighted by molar-refractivity contribution is 4.67. The largest absolute Gasteiger partial charge is 0.448 e. The molecule has 0 spiro atoms. The minimum atomic E-state index is -0.952. The molecule has 10 heavy (non-hydrogen) atoms. The van der Waals surface area contributed by atoms with Crippen molar-refractivity contribution in [3.05, 3.63) is 12.3 Å². The Hall–Kier alpha value is -0.540. The van der Waals surface area contributed by atoms with Gasteiger partial charge in [-0.3, -0.25) is 0 Å². The second-order valence-corrected chi connectivity index (χ2v) is 1.86. The van der Waals surface area contributed by atoms with E-state index in [0.29, 0.717) is 0 Å². The van der Waals surface area contributed by atoms with Crippen LogP contribution in [0.25, 0.3) is 0 Å². The molecule has 0 aliphatic carbocycles. The van der Waals surface area contributed by atoms with E-state index in [4.69, 9.17) is 14.2 Å². The fraction of sp³-hybridized carbons (Fsp3) is 0.714. The number of hydrogen-bond donors (Lipinski definition) is 0. The summed E-state index contributed by atoms with van der Waals surface area (Å²) < 4.78 is 14.8. The first-order valence-electron chi connectivity index (χ1n) is 3.08.